The first-order valence-corrected chi connectivity index (χ1v) is 8.70. The molecule has 1 fully saturated rings. The summed E-state index contributed by atoms with van der Waals surface area (Å²) < 4.78 is 54.5. The van der Waals surface area contributed by atoms with Crippen LogP contribution in [0, 0.1) is 11.6 Å². The standard InChI is InChI=1S/C12H14BrF2NO3S/c13-8-5-10(14)12(15)11(6-8)19-3-2-16-9-1-4-20(17,18)7-9/h5-6,9,16H,1-4,7H2. The van der Waals surface area contributed by atoms with Crippen molar-refractivity contribution in [3.05, 3.63) is 28.2 Å². The van der Waals surface area contributed by atoms with Gasteiger partial charge in [-0.2, -0.15) is 4.39 Å². The molecule has 1 unspecified atom stereocenters. The molecule has 0 bridgehead atoms. The predicted molar refractivity (Wildman–Crippen MR) is 74.6 cm³/mol. The van der Waals surface area contributed by atoms with Crippen molar-refractivity contribution >= 4 is 25.8 Å². The fraction of sp³-hybridized carbons (Fsp3) is 0.500. The zero-order valence-electron chi connectivity index (χ0n) is 10.5. The van der Waals surface area contributed by atoms with Gasteiger partial charge in [0.1, 0.15) is 6.61 Å². The number of rotatable bonds is 5. The van der Waals surface area contributed by atoms with E-state index >= 15 is 0 Å². The van der Waals surface area contributed by atoms with Gasteiger partial charge in [-0.05, 0) is 18.6 Å². The number of halogens is 3. The Morgan fingerprint density at radius 2 is 2.15 bits per heavy atom. The van der Waals surface area contributed by atoms with Crippen LogP contribution in [0.15, 0.2) is 16.6 Å². The molecule has 0 aromatic heterocycles. The van der Waals surface area contributed by atoms with E-state index in [1.807, 2.05) is 0 Å². The Balaban J connectivity index is 1.79. The summed E-state index contributed by atoms with van der Waals surface area (Å²) in [7, 11) is -2.92. The summed E-state index contributed by atoms with van der Waals surface area (Å²) >= 11 is 3.05. The molecule has 1 aromatic carbocycles. The fourth-order valence-corrected chi connectivity index (χ4v) is 4.13. The van der Waals surface area contributed by atoms with Crippen LogP contribution in [0.5, 0.6) is 5.75 Å². The van der Waals surface area contributed by atoms with Gasteiger partial charge >= 0.3 is 0 Å². The maximum Gasteiger partial charge on any atom is 0.200 e. The van der Waals surface area contributed by atoms with E-state index in [9.17, 15) is 17.2 Å². The minimum absolute atomic E-state index is 0.0901. The molecule has 1 heterocycles. The van der Waals surface area contributed by atoms with E-state index in [2.05, 4.69) is 21.2 Å². The third-order valence-corrected chi connectivity index (χ3v) is 5.21. The van der Waals surface area contributed by atoms with Crippen LogP contribution in [-0.4, -0.2) is 39.1 Å². The lowest BCUT2D eigenvalue weighted by atomic mass is 10.3. The van der Waals surface area contributed by atoms with Crippen molar-refractivity contribution in [2.45, 2.75) is 12.5 Å². The van der Waals surface area contributed by atoms with Crippen molar-refractivity contribution < 1.29 is 21.9 Å². The van der Waals surface area contributed by atoms with Crippen molar-refractivity contribution in [3.63, 3.8) is 0 Å². The molecule has 0 amide bonds. The number of ether oxygens (including phenoxy) is 1. The Bertz CT molecular complexity index is 595. The van der Waals surface area contributed by atoms with E-state index in [1.54, 1.807) is 0 Å². The first-order valence-electron chi connectivity index (χ1n) is 6.08. The summed E-state index contributed by atoms with van der Waals surface area (Å²) in [5, 5.41) is 3.02. The quantitative estimate of drug-likeness (QED) is 0.635. The lowest BCUT2D eigenvalue weighted by Crippen LogP contribution is -2.33. The van der Waals surface area contributed by atoms with Gasteiger partial charge in [0.25, 0.3) is 0 Å². The van der Waals surface area contributed by atoms with E-state index in [0.29, 0.717) is 17.4 Å². The molecule has 8 heteroatoms. The normalized spacial score (nSPS) is 21.1. The molecule has 0 spiro atoms. The highest BCUT2D eigenvalue weighted by molar-refractivity contribution is 9.10. The minimum atomic E-state index is -2.92. The van der Waals surface area contributed by atoms with Crippen molar-refractivity contribution in [1.82, 2.24) is 5.32 Å². The molecule has 1 N–H and O–H groups in total. The van der Waals surface area contributed by atoms with Gasteiger partial charge in [-0.3, -0.25) is 0 Å². The molecule has 0 aliphatic carbocycles. The summed E-state index contributed by atoms with van der Waals surface area (Å²) in [6, 6.07) is 2.27. The van der Waals surface area contributed by atoms with E-state index in [1.165, 1.54) is 6.07 Å². The Labute approximate surface area is 124 Å². The van der Waals surface area contributed by atoms with Gasteiger partial charge in [-0.15, -0.1) is 0 Å². The first kappa shape index (κ1) is 15.7. The monoisotopic (exact) mass is 369 g/mol. The lowest BCUT2D eigenvalue weighted by Gasteiger charge is -2.12. The molecular weight excluding hydrogens is 356 g/mol. The van der Waals surface area contributed by atoms with Crippen LogP contribution in [0.2, 0.25) is 0 Å². The van der Waals surface area contributed by atoms with Crippen molar-refractivity contribution in [3.8, 4) is 5.75 Å². The highest BCUT2D eigenvalue weighted by Crippen LogP contribution is 2.25. The molecule has 0 radical (unpaired) electrons. The van der Waals surface area contributed by atoms with Gasteiger partial charge in [-0.25, -0.2) is 12.8 Å². The maximum absolute atomic E-state index is 13.4. The maximum atomic E-state index is 13.4. The number of nitrogens with one attached hydrogen (secondary N) is 1. The largest absolute Gasteiger partial charge is 0.489 e. The summed E-state index contributed by atoms with van der Waals surface area (Å²) in [6.07, 6.45) is 0.572. The number of hydrogen-bond acceptors (Lipinski definition) is 4. The molecule has 4 nitrogen and oxygen atoms in total. The highest BCUT2D eigenvalue weighted by atomic mass is 79.9. The third-order valence-electron chi connectivity index (χ3n) is 2.98. The van der Waals surface area contributed by atoms with E-state index in [-0.39, 0.29) is 29.9 Å². The summed E-state index contributed by atoms with van der Waals surface area (Å²) in [5.74, 6) is -1.87. The topological polar surface area (TPSA) is 55.4 Å². The van der Waals surface area contributed by atoms with Gasteiger partial charge in [0, 0.05) is 17.1 Å². The van der Waals surface area contributed by atoms with E-state index in [4.69, 9.17) is 4.74 Å². The molecule has 0 saturated carbocycles. The molecule has 1 saturated heterocycles. The number of sulfone groups is 1. The Morgan fingerprint density at radius 1 is 1.40 bits per heavy atom. The predicted octanol–water partition coefficient (Wildman–Crippen LogP) is 1.88. The molecule has 112 valence electrons. The van der Waals surface area contributed by atoms with Crippen LogP contribution in [0.4, 0.5) is 8.78 Å². The van der Waals surface area contributed by atoms with Gasteiger partial charge < -0.3 is 10.1 Å². The zero-order valence-corrected chi connectivity index (χ0v) is 12.9. The van der Waals surface area contributed by atoms with Gasteiger partial charge in [0.2, 0.25) is 5.82 Å². The second-order valence-corrected chi connectivity index (χ2v) is 7.75. The minimum Gasteiger partial charge on any atom is -0.489 e. The van der Waals surface area contributed by atoms with E-state index < -0.39 is 21.5 Å². The van der Waals surface area contributed by atoms with Crippen LogP contribution >= 0.6 is 15.9 Å². The molecule has 1 aliphatic rings. The number of benzene rings is 1. The Kier molecular flexibility index (Phi) is 4.98. The van der Waals surface area contributed by atoms with Crippen LogP contribution in [0.3, 0.4) is 0 Å². The average molecular weight is 370 g/mol. The van der Waals surface area contributed by atoms with Crippen molar-refractivity contribution in [2.75, 3.05) is 24.7 Å². The second-order valence-electron chi connectivity index (χ2n) is 4.60. The molecular formula is C12H14BrF2NO3S. The number of hydrogen-bond donors (Lipinski definition) is 1. The van der Waals surface area contributed by atoms with Crippen LogP contribution in [0.1, 0.15) is 6.42 Å². The first-order chi connectivity index (χ1) is 9.37. The van der Waals surface area contributed by atoms with Crippen molar-refractivity contribution in [2.24, 2.45) is 0 Å². The zero-order chi connectivity index (χ0) is 14.8. The summed E-state index contributed by atoms with van der Waals surface area (Å²) in [5.41, 5.74) is 0. The molecule has 20 heavy (non-hydrogen) atoms. The Hall–Kier alpha value is -0.730. The van der Waals surface area contributed by atoms with Gasteiger partial charge in [-0.1, -0.05) is 15.9 Å². The van der Waals surface area contributed by atoms with Crippen molar-refractivity contribution in [1.29, 1.82) is 0 Å². The highest BCUT2D eigenvalue weighted by Gasteiger charge is 2.27. The third kappa shape index (κ3) is 4.13. The molecule has 1 atom stereocenters. The van der Waals surface area contributed by atoms with Gasteiger partial charge in [0.15, 0.2) is 21.4 Å². The molecule has 1 aromatic rings. The second kappa shape index (κ2) is 6.36. The van der Waals surface area contributed by atoms with Crippen LogP contribution in [0.25, 0.3) is 0 Å². The molecule has 1 aliphatic heterocycles. The summed E-state index contributed by atoms with van der Waals surface area (Å²) in [4.78, 5) is 0. The van der Waals surface area contributed by atoms with E-state index in [0.717, 1.165) is 6.07 Å². The Morgan fingerprint density at radius 3 is 2.80 bits per heavy atom. The average Bonchev–Trinajstić information content (AvgIpc) is 2.70. The summed E-state index contributed by atoms with van der Waals surface area (Å²) in [6.45, 7) is 0.497. The molecule has 2 rings (SSSR count). The fourth-order valence-electron chi connectivity index (χ4n) is 2.02. The van der Waals surface area contributed by atoms with Gasteiger partial charge in [0.05, 0.1) is 11.5 Å². The smallest absolute Gasteiger partial charge is 0.200 e. The SMILES string of the molecule is O=S1(=O)CCC(NCCOc2cc(Br)cc(F)c2F)C1. The lowest BCUT2D eigenvalue weighted by molar-refractivity contribution is 0.288. The van der Waals surface area contributed by atoms with Crippen LogP contribution < -0.4 is 10.1 Å². The van der Waals surface area contributed by atoms with Crippen LogP contribution in [-0.2, 0) is 9.84 Å².